The van der Waals surface area contributed by atoms with Gasteiger partial charge >= 0.3 is 6.01 Å². The molecule has 19 heavy (non-hydrogen) atoms. The number of piperidine rings is 1. The molecule has 1 saturated heterocycles. The summed E-state index contributed by atoms with van der Waals surface area (Å²) in [5.74, 6) is 0.0177. The number of nitrogens with two attached hydrogens (primary N) is 2. The molecule has 0 bridgehead atoms. The van der Waals surface area contributed by atoms with Gasteiger partial charge in [-0.3, -0.25) is 4.79 Å². The van der Waals surface area contributed by atoms with Crippen LogP contribution in [0.4, 0.5) is 11.9 Å². The number of nitrogen functional groups attached to an aromatic ring is 1. The van der Waals surface area contributed by atoms with E-state index in [-0.39, 0.29) is 29.8 Å². The number of rotatable bonds is 3. The van der Waals surface area contributed by atoms with Crippen LogP contribution in [0.15, 0.2) is 0 Å². The molecule has 1 aromatic heterocycles. The third-order valence-electron chi connectivity index (χ3n) is 3.34. The minimum atomic E-state index is -0.300. The van der Waals surface area contributed by atoms with Crippen molar-refractivity contribution in [3.8, 4) is 6.01 Å². The largest absolute Gasteiger partial charge is 0.467 e. The first-order valence-corrected chi connectivity index (χ1v) is 6.12. The summed E-state index contributed by atoms with van der Waals surface area (Å²) in [5, 5.41) is 0. The molecule has 1 amide bonds. The maximum absolute atomic E-state index is 11.3. The van der Waals surface area contributed by atoms with Gasteiger partial charge in [-0.05, 0) is 19.8 Å². The highest BCUT2D eigenvalue weighted by Gasteiger charge is 2.30. The first kappa shape index (κ1) is 13.3. The van der Waals surface area contributed by atoms with Gasteiger partial charge in [0.25, 0.3) is 0 Å². The van der Waals surface area contributed by atoms with Gasteiger partial charge in [-0.15, -0.1) is 0 Å². The standard InChI is InChI=1S/C11H18N6O2/c1-6-3-4-7(8(12)18)5-17(6)10-14-9(13)15-11(16-10)19-2/h6-7H,3-5H2,1-2H3,(H2,12,18)(H2,13,14,15,16). The molecule has 0 spiro atoms. The van der Waals surface area contributed by atoms with E-state index in [1.165, 1.54) is 7.11 Å². The fraction of sp³-hybridized carbons (Fsp3) is 0.636. The molecule has 4 N–H and O–H groups in total. The highest BCUT2D eigenvalue weighted by Crippen LogP contribution is 2.26. The summed E-state index contributed by atoms with van der Waals surface area (Å²) in [6.07, 6.45) is 1.63. The third-order valence-corrected chi connectivity index (χ3v) is 3.34. The number of anilines is 2. The second kappa shape index (κ2) is 5.25. The number of methoxy groups -OCH3 is 1. The van der Waals surface area contributed by atoms with E-state index in [9.17, 15) is 4.79 Å². The normalized spacial score (nSPS) is 23.2. The number of carbonyl (C=O) groups is 1. The number of aromatic nitrogens is 3. The number of nitrogens with zero attached hydrogens (tertiary/aromatic N) is 4. The van der Waals surface area contributed by atoms with Crippen molar-refractivity contribution in [2.45, 2.75) is 25.8 Å². The van der Waals surface area contributed by atoms with Crippen molar-refractivity contribution in [2.24, 2.45) is 11.7 Å². The second-order valence-corrected chi connectivity index (χ2v) is 4.66. The Kier molecular flexibility index (Phi) is 3.68. The fourth-order valence-electron chi connectivity index (χ4n) is 2.20. The lowest BCUT2D eigenvalue weighted by Gasteiger charge is -2.36. The minimum absolute atomic E-state index is 0.0928. The number of amides is 1. The SMILES string of the molecule is COc1nc(N)nc(N2CC(C(N)=O)CCC2C)n1. The van der Waals surface area contributed by atoms with Gasteiger partial charge in [0.1, 0.15) is 0 Å². The number of ether oxygens (including phenoxy) is 1. The van der Waals surface area contributed by atoms with Crippen molar-refractivity contribution in [3.63, 3.8) is 0 Å². The Labute approximate surface area is 111 Å². The quantitative estimate of drug-likeness (QED) is 0.760. The molecule has 1 aromatic rings. The van der Waals surface area contributed by atoms with E-state index in [1.807, 2.05) is 11.8 Å². The molecule has 0 aromatic carbocycles. The first-order chi connectivity index (χ1) is 9.01. The Morgan fingerprint density at radius 2 is 2.11 bits per heavy atom. The van der Waals surface area contributed by atoms with Crippen molar-refractivity contribution in [3.05, 3.63) is 0 Å². The van der Waals surface area contributed by atoms with Crippen LogP contribution in [0.3, 0.4) is 0 Å². The number of hydrogen-bond donors (Lipinski definition) is 2. The van der Waals surface area contributed by atoms with Gasteiger partial charge in [-0.1, -0.05) is 0 Å². The van der Waals surface area contributed by atoms with Crippen molar-refractivity contribution >= 4 is 17.8 Å². The summed E-state index contributed by atoms with van der Waals surface area (Å²) < 4.78 is 4.98. The van der Waals surface area contributed by atoms with E-state index in [4.69, 9.17) is 16.2 Å². The molecule has 2 atom stereocenters. The molecule has 0 aliphatic carbocycles. The van der Waals surface area contributed by atoms with Gasteiger partial charge in [-0.2, -0.15) is 15.0 Å². The van der Waals surface area contributed by atoms with Gasteiger partial charge in [0.15, 0.2) is 0 Å². The fourth-order valence-corrected chi connectivity index (χ4v) is 2.20. The number of hydrogen-bond acceptors (Lipinski definition) is 7. The zero-order valence-corrected chi connectivity index (χ0v) is 11.0. The third kappa shape index (κ3) is 2.83. The summed E-state index contributed by atoms with van der Waals surface area (Å²) in [4.78, 5) is 25.3. The van der Waals surface area contributed by atoms with Crippen LogP contribution < -0.4 is 21.1 Å². The van der Waals surface area contributed by atoms with Gasteiger partial charge in [0, 0.05) is 12.6 Å². The van der Waals surface area contributed by atoms with E-state index in [2.05, 4.69) is 15.0 Å². The van der Waals surface area contributed by atoms with Gasteiger partial charge < -0.3 is 21.1 Å². The summed E-state index contributed by atoms with van der Waals surface area (Å²) in [7, 11) is 1.46. The Morgan fingerprint density at radius 3 is 2.74 bits per heavy atom. The van der Waals surface area contributed by atoms with E-state index in [1.54, 1.807) is 0 Å². The molecule has 1 fully saturated rings. The molecule has 2 rings (SSSR count). The summed E-state index contributed by atoms with van der Waals surface area (Å²) in [5.41, 5.74) is 11.0. The molecule has 1 aliphatic heterocycles. The first-order valence-electron chi connectivity index (χ1n) is 6.12. The predicted octanol–water partition coefficient (Wildman–Crippen LogP) is -0.447. The summed E-state index contributed by atoms with van der Waals surface area (Å²) in [6, 6.07) is 0.373. The van der Waals surface area contributed by atoms with E-state index in [0.717, 1.165) is 12.8 Å². The topological polar surface area (TPSA) is 120 Å². The molecule has 8 heteroatoms. The zero-order chi connectivity index (χ0) is 14.0. The van der Waals surface area contributed by atoms with Crippen LogP contribution in [0.5, 0.6) is 6.01 Å². The van der Waals surface area contributed by atoms with Crippen LogP contribution in [0.1, 0.15) is 19.8 Å². The number of carbonyl (C=O) groups excluding carboxylic acids is 1. The lowest BCUT2D eigenvalue weighted by Crippen LogP contribution is -2.46. The van der Waals surface area contributed by atoms with Crippen molar-refractivity contribution < 1.29 is 9.53 Å². The molecule has 0 radical (unpaired) electrons. The van der Waals surface area contributed by atoms with E-state index >= 15 is 0 Å². The molecule has 104 valence electrons. The van der Waals surface area contributed by atoms with Crippen LogP contribution in [0.25, 0.3) is 0 Å². The molecule has 2 unspecified atom stereocenters. The highest BCUT2D eigenvalue weighted by atomic mass is 16.5. The average molecular weight is 266 g/mol. The summed E-state index contributed by atoms with van der Waals surface area (Å²) in [6.45, 7) is 2.53. The van der Waals surface area contributed by atoms with Crippen molar-refractivity contribution in [1.82, 2.24) is 15.0 Å². The Bertz CT molecular complexity index is 480. The van der Waals surface area contributed by atoms with Crippen molar-refractivity contribution in [1.29, 1.82) is 0 Å². The van der Waals surface area contributed by atoms with Gasteiger partial charge in [0.05, 0.1) is 13.0 Å². The molecular formula is C11H18N6O2. The maximum atomic E-state index is 11.3. The van der Waals surface area contributed by atoms with E-state index in [0.29, 0.717) is 12.5 Å². The minimum Gasteiger partial charge on any atom is -0.467 e. The van der Waals surface area contributed by atoms with Gasteiger partial charge in [0.2, 0.25) is 17.8 Å². The smallest absolute Gasteiger partial charge is 0.322 e. The highest BCUT2D eigenvalue weighted by molar-refractivity contribution is 5.77. The van der Waals surface area contributed by atoms with E-state index < -0.39 is 0 Å². The lowest BCUT2D eigenvalue weighted by molar-refractivity contribution is -0.122. The summed E-state index contributed by atoms with van der Waals surface area (Å²) >= 11 is 0. The Morgan fingerprint density at radius 1 is 1.37 bits per heavy atom. The maximum Gasteiger partial charge on any atom is 0.322 e. The monoisotopic (exact) mass is 266 g/mol. The van der Waals surface area contributed by atoms with Crippen LogP contribution in [0.2, 0.25) is 0 Å². The molecule has 2 heterocycles. The molecule has 8 nitrogen and oxygen atoms in total. The van der Waals surface area contributed by atoms with Crippen LogP contribution in [-0.2, 0) is 4.79 Å². The van der Waals surface area contributed by atoms with Crippen LogP contribution in [0, 0.1) is 5.92 Å². The Balaban J connectivity index is 2.27. The zero-order valence-electron chi connectivity index (χ0n) is 11.0. The average Bonchev–Trinajstić information content (AvgIpc) is 2.38. The molecule has 1 aliphatic rings. The second-order valence-electron chi connectivity index (χ2n) is 4.66. The van der Waals surface area contributed by atoms with Crippen LogP contribution >= 0.6 is 0 Å². The number of primary amides is 1. The van der Waals surface area contributed by atoms with Crippen LogP contribution in [-0.4, -0.2) is 40.6 Å². The Hall–Kier alpha value is -2.12. The van der Waals surface area contributed by atoms with Crippen molar-refractivity contribution in [2.75, 3.05) is 24.3 Å². The van der Waals surface area contributed by atoms with Gasteiger partial charge in [-0.25, -0.2) is 0 Å². The molecular weight excluding hydrogens is 248 g/mol. The lowest BCUT2D eigenvalue weighted by atomic mass is 9.93. The predicted molar refractivity (Wildman–Crippen MR) is 69.5 cm³/mol. The molecule has 0 saturated carbocycles.